The Labute approximate surface area is 124 Å². The summed E-state index contributed by atoms with van der Waals surface area (Å²) in [5.74, 6) is 0.836. The van der Waals surface area contributed by atoms with Gasteiger partial charge in [-0.15, -0.1) is 11.8 Å². The topological polar surface area (TPSA) is 12.0 Å². The van der Waals surface area contributed by atoms with E-state index >= 15 is 0 Å². The SMILES string of the molecule is C=C(CNC(C)(C)C)CSc1cc(Cl)ccc1Cl. The van der Waals surface area contributed by atoms with Gasteiger partial charge in [-0.3, -0.25) is 0 Å². The van der Waals surface area contributed by atoms with Crippen LogP contribution in [0.3, 0.4) is 0 Å². The van der Waals surface area contributed by atoms with E-state index in [2.05, 4.69) is 32.7 Å². The van der Waals surface area contributed by atoms with Crippen molar-refractivity contribution in [1.82, 2.24) is 5.32 Å². The van der Waals surface area contributed by atoms with Gasteiger partial charge in [-0.2, -0.15) is 0 Å². The maximum Gasteiger partial charge on any atom is 0.0543 e. The molecule has 1 aromatic carbocycles. The minimum Gasteiger partial charge on any atom is -0.308 e. The minimum atomic E-state index is 0.112. The fourth-order valence-corrected chi connectivity index (χ4v) is 2.60. The van der Waals surface area contributed by atoms with E-state index in [1.165, 1.54) is 0 Å². The highest BCUT2D eigenvalue weighted by Gasteiger charge is 2.09. The number of hydrogen-bond acceptors (Lipinski definition) is 2. The number of rotatable bonds is 5. The Morgan fingerprint density at radius 1 is 1.33 bits per heavy atom. The van der Waals surface area contributed by atoms with Gasteiger partial charge in [0.25, 0.3) is 0 Å². The van der Waals surface area contributed by atoms with E-state index in [1.807, 2.05) is 12.1 Å². The van der Waals surface area contributed by atoms with Gasteiger partial charge in [-0.25, -0.2) is 0 Å². The summed E-state index contributed by atoms with van der Waals surface area (Å²) in [6.07, 6.45) is 0. The van der Waals surface area contributed by atoms with Crippen LogP contribution < -0.4 is 5.32 Å². The van der Waals surface area contributed by atoms with Crippen LogP contribution in [0.5, 0.6) is 0 Å². The molecule has 0 saturated heterocycles. The lowest BCUT2D eigenvalue weighted by Crippen LogP contribution is -2.37. The molecule has 1 rings (SSSR count). The third-order valence-electron chi connectivity index (χ3n) is 2.19. The normalized spacial score (nSPS) is 11.6. The van der Waals surface area contributed by atoms with Crippen LogP contribution in [0.1, 0.15) is 20.8 Å². The van der Waals surface area contributed by atoms with Crippen molar-refractivity contribution in [2.75, 3.05) is 12.3 Å². The van der Waals surface area contributed by atoms with Gasteiger partial charge >= 0.3 is 0 Å². The van der Waals surface area contributed by atoms with E-state index in [9.17, 15) is 0 Å². The molecular weight excluding hydrogens is 285 g/mol. The second-order valence-electron chi connectivity index (χ2n) is 5.22. The standard InChI is InChI=1S/C14H19Cl2NS/c1-10(8-17-14(2,3)4)9-18-13-7-11(15)5-6-12(13)16/h5-7,17H,1,8-9H2,2-4H3. The molecule has 1 aromatic rings. The van der Waals surface area contributed by atoms with Crippen molar-refractivity contribution < 1.29 is 0 Å². The van der Waals surface area contributed by atoms with Gasteiger partial charge in [0.05, 0.1) is 5.02 Å². The van der Waals surface area contributed by atoms with Crippen molar-refractivity contribution >= 4 is 35.0 Å². The maximum atomic E-state index is 6.10. The second kappa shape index (κ2) is 6.85. The minimum absolute atomic E-state index is 0.112. The van der Waals surface area contributed by atoms with Gasteiger partial charge < -0.3 is 5.32 Å². The molecule has 1 N–H and O–H groups in total. The molecule has 0 saturated carbocycles. The van der Waals surface area contributed by atoms with Gasteiger partial charge in [-0.1, -0.05) is 35.4 Å². The van der Waals surface area contributed by atoms with Crippen LogP contribution in [0.25, 0.3) is 0 Å². The summed E-state index contributed by atoms with van der Waals surface area (Å²) in [7, 11) is 0. The van der Waals surface area contributed by atoms with Crippen LogP contribution in [0.4, 0.5) is 0 Å². The average Bonchev–Trinajstić information content (AvgIpc) is 2.26. The lowest BCUT2D eigenvalue weighted by Gasteiger charge is -2.21. The first-order valence-electron chi connectivity index (χ1n) is 5.77. The molecule has 100 valence electrons. The monoisotopic (exact) mass is 303 g/mol. The smallest absolute Gasteiger partial charge is 0.0543 e. The van der Waals surface area contributed by atoms with Crippen molar-refractivity contribution in [3.8, 4) is 0 Å². The lowest BCUT2D eigenvalue weighted by atomic mass is 10.1. The summed E-state index contributed by atoms with van der Waals surface area (Å²) in [5, 5.41) is 4.86. The molecule has 0 heterocycles. The van der Waals surface area contributed by atoms with E-state index in [0.717, 1.165) is 27.8 Å². The van der Waals surface area contributed by atoms with E-state index in [4.69, 9.17) is 23.2 Å². The molecule has 0 radical (unpaired) electrons. The van der Waals surface area contributed by atoms with E-state index in [1.54, 1.807) is 17.8 Å². The predicted molar refractivity (Wildman–Crippen MR) is 84.1 cm³/mol. The Morgan fingerprint density at radius 2 is 2.00 bits per heavy atom. The highest BCUT2D eigenvalue weighted by Crippen LogP contribution is 2.30. The van der Waals surface area contributed by atoms with Gasteiger partial charge in [0, 0.05) is 27.8 Å². The first-order valence-corrected chi connectivity index (χ1v) is 7.51. The summed E-state index contributed by atoms with van der Waals surface area (Å²) in [6.45, 7) is 11.3. The maximum absolute atomic E-state index is 6.10. The summed E-state index contributed by atoms with van der Waals surface area (Å²) < 4.78 is 0. The lowest BCUT2D eigenvalue weighted by molar-refractivity contribution is 0.445. The number of thioether (sulfide) groups is 1. The number of benzene rings is 1. The van der Waals surface area contributed by atoms with E-state index in [0.29, 0.717) is 5.02 Å². The first kappa shape index (κ1) is 15.9. The third-order valence-corrected chi connectivity index (χ3v) is 4.07. The van der Waals surface area contributed by atoms with Crippen molar-refractivity contribution in [3.05, 3.63) is 40.4 Å². The molecule has 0 aliphatic carbocycles. The molecule has 0 spiro atoms. The summed E-state index contributed by atoms with van der Waals surface area (Å²) in [6, 6.07) is 5.51. The zero-order chi connectivity index (χ0) is 13.8. The Morgan fingerprint density at radius 3 is 2.61 bits per heavy atom. The van der Waals surface area contributed by atoms with E-state index in [-0.39, 0.29) is 5.54 Å². The fraction of sp³-hybridized carbons (Fsp3) is 0.429. The Bertz CT molecular complexity index is 424. The molecule has 0 fully saturated rings. The molecule has 18 heavy (non-hydrogen) atoms. The molecule has 0 amide bonds. The summed E-state index contributed by atoms with van der Waals surface area (Å²) in [4.78, 5) is 1.00. The van der Waals surface area contributed by atoms with Gasteiger partial charge in [0.15, 0.2) is 0 Å². The van der Waals surface area contributed by atoms with Gasteiger partial charge in [0.1, 0.15) is 0 Å². The van der Waals surface area contributed by atoms with Crippen molar-refractivity contribution in [2.45, 2.75) is 31.2 Å². The van der Waals surface area contributed by atoms with Crippen LogP contribution in [0.15, 0.2) is 35.2 Å². The van der Waals surface area contributed by atoms with Crippen LogP contribution in [-0.4, -0.2) is 17.8 Å². The van der Waals surface area contributed by atoms with Crippen LogP contribution in [0.2, 0.25) is 10.0 Å². The Hall–Kier alpha value is -0.150. The average molecular weight is 304 g/mol. The number of hydrogen-bond donors (Lipinski definition) is 1. The molecule has 0 aliphatic heterocycles. The summed E-state index contributed by atoms with van der Waals surface area (Å²) in [5.41, 5.74) is 1.26. The van der Waals surface area contributed by atoms with Crippen molar-refractivity contribution in [1.29, 1.82) is 0 Å². The summed E-state index contributed by atoms with van der Waals surface area (Å²) >= 11 is 13.7. The zero-order valence-corrected chi connectivity index (χ0v) is 13.3. The predicted octanol–water partition coefficient (Wildman–Crippen LogP) is 5.03. The first-order chi connectivity index (χ1) is 8.28. The molecule has 4 heteroatoms. The molecule has 0 aliphatic rings. The van der Waals surface area contributed by atoms with Crippen molar-refractivity contribution in [3.63, 3.8) is 0 Å². The van der Waals surface area contributed by atoms with Crippen molar-refractivity contribution in [2.24, 2.45) is 0 Å². The zero-order valence-electron chi connectivity index (χ0n) is 11.0. The van der Waals surface area contributed by atoms with E-state index < -0.39 is 0 Å². The molecule has 1 nitrogen and oxygen atoms in total. The van der Waals surface area contributed by atoms with Crippen LogP contribution in [0, 0.1) is 0 Å². The number of halogens is 2. The third kappa shape index (κ3) is 6.14. The second-order valence-corrected chi connectivity index (χ2v) is 7.08. The molecular formula is C14H19Cl2NS. The molecule has 0 unspecified atom stereocenters. The molecule has 0 atom stereocenters. The molecule has 0 bridgehead atoms. The van der Waals surface area contributed by atoms with Gasteiger partial charge in [-0.05, 0) is 39.0 Å². The Balaban J connectivity index is 2.45. The fourth-order valence-electron chi connectivity index (χ4n) is 1.21. The molecule has 0 aromatic heterocycles. The quantitative estimate of drug-likeness (QED) is 0.605. The highest BCUT2D eigenvalue weighted by atomic mass is 35.5. The highest BCUT2D eigenvalue weighted by molar-refractivity contribution is 7.99. The van der Waals surface area contributed by atoms with Crippen LogP contribution in [-0.2, 0) is 0 Å². The van der Waals surface area contributed by atoms with Gasteiger partial charge in [0.2, 0.25) is 0 Å². The largest absolute Gasteiger partial charge is 0.308 e. The van der Waals surface area contributed by atoms with Crippen LogP contribution >= 0.6 is 35.0 Å². The number of nitrogens with one attached hydrogen (secondary N) is 1. The Kier molecular flexibility index (Phi) is 6.06.